The van der Waals surface area contributed by atoms with Crippen molar-refractivity contribution in [3.05, 3.63) is 0 Å². The van der Waals surface area contributed by atoms with E-state index in [1.54, 1.807) is 0 Å². The summed E-state index contributed by atoms with van der Waals surface area (Å²) in [6.45, 7) is 8.75. The number of nitrogens with zero attached hydrogens (tertiary/aromatic N) is 2. The van der Waals surface area contributed by atoms with E-state index in [0.29, 0.717) is 0 Å². The van der Waals surface area contributed by atoms with Crippen molar-refractivity contribution < 1.29 is 4.74 Å². The molecular weight excluding hydrogens is 202 g/mol. The molecule has 16 heavy (non-hydrogen) atoms. The molecule has 0 bridgehead atoms. The molecule has 0 aromatic rings. The van der Waals surface area contributed by atoms with E-state index in [9.17, 15) is 0 Å². The van der Waals surface area contributed by atoms with Crippen LogP contribution in [0.1, 0.15) is 12.8 Å². The van der Waals surface area contributed by atoms with Gasteiger partial charge >= 0.3 is 0 Å². The zero-order valence-electron chi connectivity index (χ0n) is 10.5. The van der Waals surface area contributed by atoms with Crippen molar-refractivity contribution in [2.45, 2.75) is 18.9 Å². The molecule has 1 aliphatic carbocycles. The smallest absolute Gasteiger partial charge is 0.0594 e. The van der Waals surface area contributed by atoms with Crippen LogP contribution >= 0.6 is 0 Å². The van der Waals surface area contributed by atoms with Gasteiger partial charge in [-0.25, -0.2) is 0 Å². The molecule has 1 heterocycles. The van der Waals surface area contributed by atoms with Crippen LogP contribution in [0.25, 0.3) is 0 Å². The second-order valence-electron chi connectivity index (χ2n) is 4.82. The Morgan fingerprint density at radius 1 is 1.12 bits per heavy atom. The fraction of sp³-hybridized carbons (Fsp3) is 1.00. The number of nitrogens with one attached hydrogen (secondary N) is 1. The zero-order valence-corrected chi connectivity index (χ0v) is 10.5. The van der Waals surface area contributed by atoms with E-state index in [1.165, 1.54) is 39.0 Å². The Bertz CT molecular complexity index is 189. The highest BCUT2D eigenvalue weighted by atomic mass is 16.5. The van der Waals surface area contributed by atoms with Crippen LogP contribution in [0.4, 0.5) is 0 Å². The van der Waals surface area contributed by atoms with E-state index in [4.69, 9.17) is 4.74 Å². The third-order valence-electron chi connectivity index (χ3n) is 3.52. The van der Waals surface area contributed by atoms with Crippen LogP contribution in [0.3, 0.4) is 0 Å². The van der Waals surface area contributed by atoms with Gasteiger partial charge in [0.05, 0.1) is 13.2 Å². The van der Waals surface area contributed by atoms with E-state index in [2.05, 4.69) is 15.1 Å². The molecule has 1 aliphatic heterocycles. The molecule has 2 aliphatic rings. The lowest BCUT2D eigenvalue weighted by atomic mass is 10.3. The predicted molar refractivity (Wildman–Crippen MR) is 65.8 cm³/mol. The molecule has 0 amide bonds. The molecule has 0 aromatic heterocycles. The number of piperazine rings is 1. The average molecular weight is 227 g/mol. The van der Waals surface area contributed by atoms with Gasteiger partial charge in [-0.05, 0) is 19.9 Å². The molecule has 1 saturated carbocycles. The van der Waals surface area contributed by atoms with Crippen molar-refractivity contribution in [1.29, 1.82) is 0 Å². The number of hydrogen-bond donors (Lipinski definition) is 1. The summed E-state index contributed by atoms with van der Waals surface area (Å²) in [6.07, 6.45) is 2.88. The van der Waals surface area contributed by atoms with Gasteiger partial charge in [0.15, 0.2) is 0 Å². The van der Waals surface area contributed by atoms with E-state index in [-0.39, 0.29) is 0 Å². The van der Waals surface area contributed by atoms with E-state index in [1.807, 2.05) is 7.05 Å². The minimum absolute atomic E-state index is 0.832. The van der Waals surface area contributed by atoms with Crippen LogP contribution in [-0.4, -0.2) is 75.4 Å². The summed E-state index contributed by atoms with van der Waals surface area (Å²) >= 11 is 0. The summed E-state index contributed by atoms with van der Waals surface area (Å²) in [5, 5.41) is 3.09. The minimum Gasteiger partial charge on any atom is -0.379 e. The molecule has 4 nitrogen and oxygen atoms in total. The van der Waals surface area contributed by atoms with Crippen molar-refractivity contribution in [1.82, 2.24) is 15.1 Å². The van der Waals surface area contributed by atoms with Gasteiger partial charge in [0, 0.05) is 45.3 Å². The lowest BCUT2D eigenvalue weighted by molar-refractivity contribution is 0.0748. The van der Waals surface area contributed by atoms with Gasteiger partial charge in [-0.2, -0.15) is 0 Å². The van der Waals surface area contributed by atoms with Crippen molar-refractivity contribution in [3.63, 3.8) is 0 Å². The fourth-order valence-corrected chi connectivity index (χ4v) is 2.26. The summed E-state index contributed by atoms with van der Waals surface area (Å²) in [5.41, 5.74) is 0. The van der Waals surface area contributed by atoms with Crippen LogP contribution in [0.15, 0.2) is 0 Å². The Morgan fingerprint density at radius 2 is 1.88 bits per heavy atom. The van der Waals surface area contributed by atoms with Gasteiger partial charge in [0.1, 0.15) is 0 Å². The molecule has 2 fully saturated rings. The molecule has 0 atom stereocenters. The second kappa shape index (κ2) is 6.55. The van der Waals surface area contributed by atoms with Crippen LogP contribution in [-0.2, 0) is 4.74 Å². The second-order valence-corrected chi connectivity index (χ2v) is 4.82. The van der Waals surface area contributed by atoms with Gasteiger partial charge in [-0.1, -0.05) is 0 Å². The summed E-state index contributed by atoms with van der Waals surface area (Å²) in [7, 11) is 1.96. The van der Waals surface area contributed by atoms with Crippen molar-refractivity contribution >= 4 is 0 Å². The monoisotopic (exact) mass is 227 g/mol. The normalized spacial score (nSPS) is 23.8. The first-order valence-electron chi connectivity index (χ1n) is 6.59. The number of hydrogen-bond acceptors (Lipinski definition) is 4. The van der Waals surface area contributed by atoms with Crippen LogP contribution in [0.2, 0.25) is 0 Å². The Labute approximate surface area is 98.9 Å². The molecule has 0 aromatic carbocycles. The molecule has 94 valence electrons. The lowest BCUT2D eigenvalue weighted by Gasteiger charge is -2.34. The standard InChI is InChI=1S/C12H25N3O/c1-13-4-10-16-11-9-14-5-7-15(8-6-14)12-2-3-12/h12-13H,2-11H2,1H3. The van der Waals surface area contributed by atoms with E-state index >= 15 is 0 Å². The maximum Gasteiger partial charge on any atom is 0.0594 e. The van der Waals surface area contributed by atoms with Gasteiger partial charge in [0.25, 0.3) is 0 Å². The first kappa shape index (κ1) is 12.3. The molecule has 4 heteroatoms. The van der Waals surface area contributed by atoms with Gasteiger partial charge in [-0.15, -0.1) is 0 Å². The largest absolute Gasteiger partial charge is 0.379 e. The fourth-order valence-electron chi connectivity index (χ4n) is 2.26. The molecule has 1 N–H and O–H groups in total. The Kier molecular flexibility index (Phi) is 5.03. The Morgan fingerprint density at radius 3 is 2.50 bits per heavy atom. The van der Waals surface area contributed by atoms with E-state index in [0.717, 1.165) is 32.3 Å². The van der Waals surface area contributed by atoms with Crippen molar-refractivity contribution in [2.75, 3.05) is 59.5 Å². The van der Waals surface area contributed by atoms with Gasteiger partial charge < -0.3 is 10.1 Å². The van der Waals surface area contributed by atoms with Gasteiger partial charge in [-0.3, -0.25) is 9.80 Å². The predicted octanol–water partition coefficient (Wildman–Crippen LogP) is 0.00240. The highest BCUT2D eigenvalue weighted by Crippen LogP contribution is 2.27. The maximum absolute atomic E-state index is 5.55. The average Bonchev–Trinajstić information content (AvgIpc) is 3.14. The highest BCUT2D eigenvalue weighted by Gasteiger charge is 2.30. The van der Waals surface area contributed by atoms with Gasteiger partial charge in [0.2, 0.25) is 0 Å². The molecule has 2 rings (SSSR count). The third-order valence-corrected chi connectivity index (χ3v) is 3.52. The van der Waals surface area contributed by atoms with Crippen molar-refractivity contribution in [2.24, 2.45) is 0 Å². The summed E-state index contributed by atoms with van der Waals surface area (Å²) in [4.78, 5) is 5.18. The van der Waals surface area contributed by atoms with Crippen molar-refractivity contribution in [3.8, 4) is 0 Å². The molecular formula is C12H25N3O. The zero-order chi connectivity index (χ0) is 11.2. The molecule has 0 radical (unpaired) electrons. The first-order chi connectivity index (χ1) is 7.90. The molecule has 0 unspecified atom stereocenters. The van der Waals surface area contributed by atoms with Crippen LogP contribution in [0, 0.1) is 0 Å². The SMILES string of the molecule is CNCCOCCN1CCN(C2CC2)CC1. The van der Waals surface area contributed by atoms with Crippen LogP contribution < -0.4 is 5.32 Å². The third kappa shape index (κ3) is 4.01. The topological polar surface area (TPSA) is 27.7 Å². The Hall–Kier alpha value is -0.160. The number of rotatable bonds is 7. The van der Waals surface area contributed by atoms with E-state index < -0.39 is 0 Å². The summed E-state index contributed by atoms with van der Waals surface area (Å²) in [6, 6.07) is 0.939. The maximum atomic E-state index is 5.55. The number of ether oxygens (including phenoxy) is 1. The molecule has 0 spiro atoms. The summed E-state index contributed by atoms with van der Waals surface area (Å²) < 4.78 is 5.55. The lowest BCUT2D eigenvalue weighted by Crippen LogP contribution is -2.48. The quantitative estimate of drug-likeness (QED) is 0.620. The molecule has 1 saturated heterocycles. The highest BCUT2D eigenvalue weighted by molar-refractivity contribution is 4.87. The summed E-state index contributed by atoms with van der Waals surface area (Å²) in [5.74, 6) is 0. The minimum atomic E-state index is 0.832. The number of likely N-dealkylation sites (N-methyl/N-ethyl adjacent to an activating group) is 1. The Balaban J connectivity index is 1.48. The first-order valence-corrected chi connectivity index (χ1v) is 6.59. The van der Waals surface area contributed by atoms with Crippen LogP contribution in [0.5, 0.6) is 0 Å².